The molecule has 0 unspecified atom stereocenters. The second-order valence-electron chi connectivity index (χ2n) is 7.62. The van der Waals surface area contributed by atoms with Gasteiger partial charge in [-0.3, -0.25) is 4.57 Å². The highest BCUT2D eigenvalue weighted by Crippen LogP contribution is 2.31. The van der Waals surface area contributed by atoms with E-state index in [4.69, 9.17) is 4.42 Å². The maximum Gasteiger partial charge on any atom is 0.336 e. The first-order valence-corrected chi connectivity index (χ1v) is 12.1. The summed E-state index contributed by atoms with van der Waals surface area (Å²) >= 11 is 3.23. The SMILES string of the molecule is Cc1ccc2c(CSc3nnc(-c4cccs4)n3Cc3ccccc3)cc(=O)oc2c1C. The molecule has 0 atom stereocenters. The standard InChI is InChI=1S/C25H21N3O2S2/c1-16-10-11-20-19(13-22(29)30-23(20)17(16)2)15-32-25-27-26-24(21-9-6-12-31-21)28(25)14-18-7-4-3-5-8-18/h3-13H,14-15H2,1-2H3. The summed E-state index contributed by atoms with van der Waals surface area (Å²) < 4.78 is 7.67. The van der Waals surface area contributed by atoms with Crippen molar-refractivity contribution in [1.82, 2.24) is 14.8 Å². The molecule has 0 bridgehead atoms. The molecule has 7 heteroatoms. The quantitative estimate of drug-likeness (QED) is 0.228. The number of fused-ring (bicyclic) bond motifs is 1. The molecule has 0 radical (unpaired) electrons. The largest absolute Gasteiger partial charge is 0.422 e. The normalized spacial score (nSPS) is 11.3. The zero-order chi connectivity index (χ0) is 22.1. The van der Waals surface area contributed by atoms with Crippen molar-refractivity contribution in [2.45, 2.75) is 31.3 Å². The van der Waals surface area contributed by atoms with Gasteiger partial charge in [-0.1, -0.05) is 60.3 Å². The van der Waals surface area contributed by atoms with Crippen molar-refractivity contribution in [3.05, 3.63) is 98.7 Å². The second kappa shape index (κ2) is 8.76. The van der Waals surface area contributed by atoms with Gasteiger partial charge in [-0.2, -0.15) is 0 Å². The number of aromatic nitrogens is 3. The monoisotopic (exact) mass is 459 g/mol. The van der Waals surface area contributed by atoms with Gasteiger partial charge in [0.25, 0.3) is 0 Å². The van der Waals surface area contributed by atoms with Crippen molar-refractivity contribution < 1.29 is 4.42 Å². The number of nitrogens with zero attached hydrogens (tertiary/aromatic N) is 3. The summed E-state index contributed by atoms with van der Waals surface area (Å²) in [4.78, 5) is 13.3. The van der Waals surface area contributed by atoms with E-state index in [0.717, 1.165) is 37.9 Å². The lowest BCUT2D eigenvalue weighted by Gasteiger charge is -2.11. The average molecular weight is 460 g/mol. The van der Waals surface area contributed by atoms with Crippen molar-refractivity contribution in [1.29, 1.82) is 0 Å². The van der Waals surface area contributed by atoms with Gasteiger partial charge in [-0.05, 0) is 47.5 Å². The van der Waals surface area contributed by atoms with Gasteiger partial charge in [0.1, 0.15) is 5.58 Å². The summed E-state index contributed by atoms with van der Waals surface area (Å²) in [5, 5.41) is 12.8. The van der Waals surface area contributed by atoms with E-state index < -0.39 is 0 Å². The Labute approximate surface area is 193 Å². The number of benzene rings is 2. The zero-order valence-electron chi connectivity index (χ0n) is 17.7. The van der Waals surface area contributed by atoms with Crippen LogP contribution in [-0.4, -0.2) is 14.8 Å². The minimum absolute atomic E-state index is 0.327. The molecule has 5 rings (SSSR count). The smallest absolute Gasteiger partial charge is 0.336 e. The van der Waals surface area contributed by atoms with Crippen molar-refractivity contribution in [3.8, 4) is 10.7 Å². The molecule has 0 amide bonds. The molecule has 0 aliphatic rings. The van der Waals surface area contributed by atoms with Crippen LogP contribution in [0.15, 0.2) is 80.4 Å². The van der Waals surface area contributed by atoms with Crippen molar-refractivity contribution >= 4 is 34.1 Å². The van der Waals surface area contributed by atoms with Gasteiger partial charge in [-0.15, -0.1) is 21.5 Å². The van der Waals surface area contributed by atoms with Crippen LogP contribution in [0.5, 0.6) is 0 Å². The Kier molecular flexibility index (Phi) is 5.68. The van der Waals surface area contributed by atoms with E-state index in [1.165, 1.54) is 5.56 Å². The maximum absolute atomic E-state index is 12.2. The van der Waals surface area contributed by atoms with E-state index in [9.17, 15) is 4.79 Å². The number of aryl methyl sites for hydroxylation is 2. The summed E-state index contributed by atoms with van der Waals surface area (Å²) in [5.74, 6) is 1.46. The van der Waals surface area contributed by atoms with Gasteiger partial charge in [-0.25, -0.2) is 4.79 Å². The molecule has 0 N–H and O–H groups in total. The Balaban J connectivity index is 1.51. The molecule has 160 valence electrons. The summed E-state index contributed by atoms with van der Waals surface area (Å²) in [6.45, 7) is 4.69. The first-order chi connectivity index (χ1) is 15.6. The molecule has 5 aromatic rings. The zero-order valence-corrected chi connectivity index (χ0v) is 19.4. The lowest BCUT2D eigenvalue weighted by Crippen LogP contribution is -2.04. The lowest BCUT2D eigenvalue weighted by atomic mass is 10.0. The molecule has 0 saturated heterocycles. The highest BCUT2D eigenvalue weighted by Gasteiger charge is 2.17. The van der Waals surface area contributed by atoms with Crippen LogP contribution in [-0.2, 0) is 12.3 Å². The van der Waals surface area contributed by atoms with E-state index in [-0.39, 0.29) is 5.63 Å². The molecule has 2 aromatic carbocycles. The van der Waals surface area contributed by atoms with Crippen LogP contribution in [0.1, 0.15) is 22.3 Å². The molecular weight excluding hydrogens is 438 g/mol. The third kappa shape index (κ3) is 4.01. The van der Waals surface area contributed by atoms with Crippen LogP contribution in [0, 0.1) is 13.8 Å². The number of thiophene rings is 1. The molecule has 32 heavy (non-hydrogen) atoms. The van der Waals surface area contributed by atoms with Gasteiger partial charge in [0, 0.05) is 17.2 Å². The van der Waals surface area contributed by atoms with Crippen molar-refractivity contribution in [2.24, 2.45) is 0 Å². The molecule has 0 aliphatic heterocycles. The Hall–Kier alpha value is -3.16. The van der Waals surface area contributed by atoms with E-state index >= 15 is 0 Å². The van der Waals surface area contributed by atoms with Crippen LogP contribution in [0.4, 0.5) is 0 Å². The van der Waals surface area contributed by atoms with E-state index in [1.807, 2.05) is 49.6 Å². The molecule has 0 aliphatic carbocycles. The predicted molar refractivity (Wildman–Crippen MR) is 130 cm³/mol. The summed E-state index contributed by atoms with van der Waals surface area (Å²) in [5.41, 5.74) is 4.57. The molecule has 5 nitrogen and oxygen atoms in total. The lowest BCUT2D eigenvalue weighted by molar-refractivity contribution is 0.557. The van der Waals surface area contributed by atoms with E-state index in [0.29, 0.717) is 17.9 Å². The van der Waals surface area contributed by atoms with E-state index in [1.54, 1.807) is 29.2 Å². The molecule has 0 fully saturated rings. The highest BCUT2D eigenvalue weighted by atomic mass is 32.2. The fourth-order valence-corrected chi connectivity index (χ4v) is 5.32. The molecule has 3 aromatic heterocycles. The van der Waals surface area contributed by atoms with Crippen LogP contribution in [0.25, 0.3) is 21.7 Å². The van der Waals surface area contributed by atoms with Crippen LogP contribution in [0.2, 0.25) is 0 Å². The molecule has 0 saturated carbocycles. The Morgan fingerprint density at radius 1 is 1.03 bits per heavy atom. The minimum Gasteiger partial charge on any atom is -0.422 e. The first-order valence-electron chi connectivity index (χ1n) is 10.3. The van der Waals surface area contributed by atoms with Crippen LogP contribution >= 0.6 is 23.1 Å². The number of hydrogen-bond acceptors (Lipinski definition) is 6. The van der Waals surface area contributed by atoms with Crippen molar-refractivity contribution in [2.75, 3.05) is 0 Å². The number of thioether (sulfide) groups is 1. The first kappa shape index (κ1) is 20.7. The third-order valence-corrected chi connectivity index (χ3v) is 7.40. The summed E-state index contributed by atoms with van der Waals surface area (Å²) in [6.07, 6.45) is 0. The maximum atomic E-state index is 12.2. The number of rotatable bonds is 6. The van der Waals surface area contributed by atoms with Gasteiger partial charge < -0.3 is 4.42 Å². The Bertz CT molecular complexity index is 1440. The van der Waals surface area contributed by atoms with E-state index in [2.05, 4.69) is 39.0 Å². The predicted octanol–water partition coefficient (Wildman–Crippen LogP) is 6.07. The van der Waals surface area contributed by atoms with Gasteiger partial charge in [0.2, 0.25) is 0 Å². The molecule has 0 spiro atoms. The van der Waals surface area contributed by atoms with Crippen molar-refractivity contribution in [3.63, 3.8) is 0 Å². The topological polar surface area (TPSA) is 60.9 Å². The Morgan fingerprint density at radius 2 is 1.88 bits per heavy atom. The number of hydrogen-bond donors (Lipinski definition) is 0. The molecular formula is C25H21N3O2S2. The Morgan fingerprint density at radius 3 is 2.66 bits per heavy atom. The van der Waals surface area contributed by atoms with Gasteiger partial charge in [0.15, 0.2) is 11.0 Å². The second-order valence-corrected chi connectivity index (χ2v) is 9.51. The van der Waals surface area contributed by atoms with Gasteiger partial charge in [0.05, 0.1) is 11.4 Å². The average Bonchev–Trinajstić information content (AvgIpc) is 3.46. The summed E-state index contributed by atoms with van der Waals surface area (Å²) in [6, 6.07) is 20.1. The summed E-state index contributed by atoms with van der Waals surface area (Å²) in [7, 11) is 0. The highest BCUT2D eigenvalue weighted by molar-refractivity contribution is 7.98. The van der Waals surface area contributed by atoms with Gasteiger partial charge >= 0.3 is 5.63 Å². The van der Waals surface area contributed by atoms with Crippen LogP contribution in [0.3, 0.4) is 0 Å². The fourth-order valence-electron chi connectivity index (χ4n) is 3.68. The molecule has 3 heterocycles. The fraction of sp³-hybridized carbons (Fsp3) is 0.160. The minimum atomic E-state index is -0.327. The van der Waals surface area contributed by atoms with Crippen LogP contribution < -0.4 is 5.63 Å². The third-order valence-electron chi connectivity index (χ3n) is 5.52.